The molecule has 1 heterocycles. The maximum Gasteiger partial charge on any atom is 0.417 e. The van der Waals surface area contributed by atoms with Gasteiger partial charge in [-0.2, -0.15) is 18.4 Å². The number of amides is 2. The molecule has 0 aromatic heterocycles. The number of anilines is 2. The van der Waals surface area contributed by atoms with E-state index in [9.17, 15) is 22.8 Å². The summed E-state index contributed by atoms with van der Waals surface area (Å²) in [5, 5.41) is 9.15. The maximum absolute atomic E-state index is 13.5. The SMILES string of the molecule is N#Cc1ccc(N2C(=O)C3(CCC3)N(c3ccc(CCC(N)=O)cc3)C2=S)cc1C(F)(F)F. The molecule has 2 amide bonds. The zero-order valence-corrected chi connectivity index (χ0v) is 18.2. The lowest BCUT2D eigenvalue weighted by atomic mass is 9.75. The summed E-state index contributed by atoms with van der Waals surface area (Å²) in [6.45, 7) is 0. The van der Waals surface area contributed by atoms with Crippen molar-refractivity contribution >= 4 is 40.5 Å². The summed E-state index contributed by atoms with van der Waals surface area (Å²) < 4.78 is 40.5. The van der Waals surface area contributed by atoms with Crippen molar-refractivity contribution in [2.75, 3.05) is 9.80 Å². The van der Waals surface area contributed by atoms with E-state index < -0.39 is 28.7 Å². The van der Waals surface area contributed by atoms with E-state index in [1.165, 1.54) is 6.07 Å². The van der Waals surface area contributed by atoms with Gasteiger partial charge in [0.1, 0.15) is 5.54 Å². The highest BCUT2D eigenvalue weighted by Gasteiger charge is 2.59. The molecule has 0 bridgehead atoms. The number of carbonyl (C=O) groups excluding carboxylic acids is 2. The minimum Gasteiger partial charge on any atom is -0.370 e. The molecule has 1 aliphatic carbocycles. The van der Waals surface area contributed by atoms with E-state index in [1.807, 2.05) is 12.1 Å². The molecule has 10 heteroatoms. The van der Waals surface area contributed by atoms with Gasteiger partial charge in [0.15, 0.2) is 5.11 Å². The highest BCUT2D eigenvalue weighted by Crippen LogP contribution is 2.48. The van der Waals surface area contributed by atoms with E-state index in [4.69, 9.17) is 23.2 Å². The van der Waals surface area contributed by atoms with Crippen LogP contribution < -0.4 is 15.5 Å². The van der Waals surface area contributed by atoms with E-state index in [-0.39, 0.29) is 23.1 Å². The third-order valence-corrected chi connectivity index (χ3v) is 6.50. The van der Waals surface area contributed by atoms with Crippen molar-refractivity contribution in [3.63, 3.8) is 0 Å². The summed E-state index contributed by atoms with van der Waals surface area (Å²) in [5.41, 5.74) is 4.11. The summed E-state index contributed by atoms with van der Waals surface area (Å²) in [7, 11) is 0. The lowest BCUT2D eigenvalue weighted by Gasteiger charge is -2.43. The predicted octanol–water partition coefficient (Wildman–Crippen LogP) is 4.06. The first-order valence-electron chi connectivity index (χ1n) is 10.3. The summed E-state index contributed by atoms with van der Waals surface area (Å²) >= 11 is 5.59. The lowest BCUT2D eigenvalue weighted by molar-refractivity contribution is -0.137. The second-order valence-electron chi connectivity index (χ2n) is 8.12. The highest BCUT2D eigenvalue weighted by molar-refractivity contribution is 7.81. The third-order valence-electron chi connectivity index (χ3n) is 6.13. The fourth-order valence-corrected chi connectivity index (χ4v) is 4.76. The third kappa shape index (κ3) is 3.82. The maximum atomic E-state index is 13.5. The van der Waals surface area contributed by atoms with Gasteiger partial charge in [0, 0.05) is 12.1 Å². The molecule has 4 rings (SSSR count). The molecule has 33 heavy (non-hydrogen) atoms. The number of rotatable bonds is 5. The van der Waals surface area contributed by atoms with Crippen LogP contribution >= 0.6 is 12.2 Å². The van der Waals surface area contributed by atoms with Gasteiger partial charge >= 0.3 is 6.18 Å². The van der Waals surface area contributed by atoms with Crippen LogP contribution in [0.2, 0.25) is 0 Å². The average Bonchev–Trinajstić information content (AvgIpc) is 2.98. The number of thiocarbonyl (C=S) groups is 1. The number of benzene rings is 2. The van der Waals surface area contributed by atoms with Crippen LogP contribution in [0.4, 0.5) is 24.5 Å². The molecular weight excluding hydrogens is 453 g/mol. The summed E-state index contributed by atoms with van der Waals surface area (Å²) in [4.78, 5) is 27.3. The Morgan fingerprint density at radius 3 is 2.30 bits per heavy atom. The van der Waals surface area contributed by atoms with Crippen LogP contribution in [0.25, 0.3) is 0 Å². The molecule has 2 aliphatic rings. The molecule has 2 aromatic carbocycles. The Morgan fingerprint density at radius 1 is 1.15 bits per heavy atom. The number of halogens is 3. The van der Waals surface area contributed by atoms with Gasteiger partial charge < -0.3 is 10.6 Å². The van der Waals surface area contributed by atoms with Crippen molar-refractivity contribution in [1.29, 1.82) is 5.26 Å². The van der Waals surface area contributed by atoms with Crippen molar-refractivity contribution in [3.8, 4) is 6.07 Å². The van der Waals surface area contributed by atoms with Gasteiger partial charge in [0.05, 0.1) is 22.9 Å². The summed E-state index contributed by atoms with van der Waals surface area (Å²) in [5.74, 6) is -0.788. The minimum atomic E-state index is -4.75. The van der Waals surface area contributed by atoms with E-state index in [0.717, 1.165) is 29.0 Å². The Hall–Kier alpha value is -3.45. The molecule has 1 saturated carbocycles. The number of aryl methyl sites for hydroxylation is 1. The molecule has 1 saturated heterocycles. The number of alkyl halides is 3. The quantitative estimate of drug-likeness (QED) is 0.663. The van der Waals surface area contributed by atoms with Crippen LogP contribution in [0.15, 0.2) is 42.5 Å². The average molecular weight is 472 g/mol. The molecular formula is C23H19F3N4O2S. The van der Waals surface area contributed by atoms with Gasteiger partial charge in [-0.15, -0.1) is 0 Å². The Kier molecular flexibility index (Phi) is 5.62. The Balaban J connectivity index is 1.71. The molecule has 0 radical (unpaired) electrons. The normalized spacial score (nSPS) is 17.3. The first-order valence-corrected chi connectivity index (χ1v) is 10.7. The first kappa shape index (κ1) is 22.7. The van der Waals surface area contributed by atoms with Crippen LogP contribution in [0.5, 0.6) is 0 Å². The fourth-order valence-electron chi connectivity index (χ4n) is 4.29. The van der Waals surface area contributed by atoms with Gasteiger partial charge in [-0.3, -0.25) is 14.5 Å². The number of nitrogens with zero attached hydrogens (tertiary/aromatic N) is 3. The van der Waals surface area contributed by atoms with Crippen LogP contribution in [-0.2, 0) is 22.2 Å². The van der Waals surface area contributed by atoms with Crippen molar-refractivity contribution in [2.45, 2.75) is 43.8 Å². The molecule has 2 aromatic rings. The largest absolute Gasteiger partial charge is 0.417 e. The van der Waals surface area contributed by atoms with Crippen molar-refractivity contribution in [3.05, 3.63) is 59.2 Å². The zero-order valence-electron chi connectivity index (χ0n) is 17.4. The van der Waals surface area contributed by atoms with Gasteiger partial charge in [-0.05, 0) is 73.8 Å². The number of nitrogens with two attached hydrogens (primary N) is 1. The molecule has 1 aliphatic heterocycles. The molecule has 6 nitrogen and oxygen atoms in total. The van der Waals surface area contributed by atoms with Crippen LogP contribution in [0.1, 0.15) is 42.4 Å². The summed E-state index contributed by atoms with van der Waals surface area (Å²) in [6.07, 6.45) is -2.24. The molecule has 0 unspecified atom stereocenters. The second kappa shape index (κ2) is 8.15. The van der Waals surface area contributed by atoms with E-state index in [0.29, 0.717) is 24.9 Å². The van der Waals surface area contributed by atoms with Gasteiger partial charge in [0.2, 0.25) is 5.91 Å². The topological polar surface area (TPSA) is 90.4 Å². The van der Waals surface area contributed by atoms with Crippen molar-refractivity contribution in [1.82, 2.24) is 0 Å². The van der Waals surface area contributed by atoms with Gasteiger partial charge in [0.25, 0.3) is 5.91 Å². The standard InChI is InChI=1S/C23H19F3N4O2S/c24-23(25,26)18-12-17(8-5-15(18)13-27)29-20(32)22(10-1-11-22)30(21(29)33)16-6-2-14(3-7-16)4-9-19(28)31/h2-3,5-8,12H,1,4,9-11H2,(H2,28,31). The first-order chi connectivity index (χ1) is 15.6. The number of nitriles is 1. The smallest absolute Gasteiger partial charge is 0.370 e. The second-order valence-corrected chi connectivity index (χ2v) is 8.48. The van der Waals surface area contributed by atoms with Crippen molar-refractivity contribution < 1.29 is 22.8 Å². The fraction of sp³-hybridized carbons (Fsp3) is 0.304. The van der Waals surface area contributed by atoms with E-state index in [1.54, 1.807) is 23.1 Å². The Labute approximate surface area is 193 Å². The zero-order chi connectivity index (χ0) is 24.0. The molecule has 2 fully saturated rings. The van der Waals surface area contributed by atoms with E-state index in [2.05, 4.69) is 0 Å². The molecule has 0 atom stereocenters. The summed E-state index contributed by atoms with van der Waals surface area (Å²) in [6, 6.07) is 11.9. The van der Waals surface area contributed by atoms with Gasteiger partial charge in [-0.25, -0.2) is 0 Å². The Morgan fingerprint density at radius 2 is 1.79 bits per heavy atom. The molecule has 170 valence electrons. The number of hydrogen-bond donors (Lipinski definition) is 1. The Bertz CT molecular complexity index is 1180. The monoisotopic (exact) mass is 472 g/mol. The number of carbonyl (C=O) groups is 2. The number of primary amides is 1. The van der Waals surface area contributed by atoms with Crippen LogP contribution in [0.3, 0.4) is 0 Å². The van der Waals surface area contributed by atoms with Crippen LogP contribution in [-0.4, -0.2) is 22.5 Å². The predicted molar refractivity (Wildman–Crippen MR) is 119 cm³/mol. The van der Waals surface area contributed by atoms with Gasteiger partial charge in [-0.1, -0.05) is 12.1 Å². The highest BCUT2D eigenvalue weighted by atomic mass is 32.1. The lowest BCUT2D eigenvalue weighted by Crippen LogP contribution is -2.55. The molecule has 1 spiro atoms. The van der Waals surface area contributed by atoms with Crippen LogP contribution in [0, 0.1) is 11.3 Å². The molecule has 2 N–H and O–H groups in total. The van der Waals surface area contributed by atoms with E-state index >= 15 is 0 Å². The number of hydrogen-bond acceptors (Lipinski definition) is 4. The van der Waals surface area contributed by atoms with Crippen molar-refractivity contribution in [2.24, 2.45) is 5.73 Å². The minimum absolute atomic E-state index is 0.0248.